The topological polar surface area (TPSA) is 95.9 Å². The van der Waals surface area contributed by atoms with Crippen LogP contribution in [0.3, 0.4) is 0 Å². The van der Waals surface area contributed by atoms with Gasteiger partial charge in [-0.05, 0) is 18.6 Å². The molecule has 7 nitrogen and oxygen atoms in total. The van der Waals surface area contributed by atoms with E-state index in [1.807, 2.05) is 18.2 Å². The molecule has 1 aliphatic rings. The fourth-order valence-corrected chi connectivity index (χ4v) is 3.48. The number of carbonyl (C=O) groups is 3. The minimum absolute atomic E-state index is 0.0248. The Labute approximate surface area is 160 Å². The molecule has 0 aromatic heterocycles. The maximum Gasteiger partial charge on any atom is 0.303 e. The molecule has 2 amide bonds. The molecule has 1 aromatic rings. The zero-order valence-corrected chi connectivity index (χ0v) is 15.7. The third kappa shape index (κ3) is 5.30. The number of carboxylic acids is 1. The van der Waals surface area contributed by atoms with Crippen molar-refractivity contribution < 1.29 is 24.2 Å². The Morgan fingerprint density at radius 3 is 2.81 bits per heavy atom. The molecule has 1 fully saturated rings. The number of para-hydroxylation sites is 1. The molecular formula is C17H18N2O5S2. The lowest BCUT2D eigenvalue weighted by Gasteiger charge is -2.14. The van der Waals surface area contributed by atoms with Crippen LogP contribution in [-0.2, 0) is 14.4 Å². The number of ether oxygens (including phenoxy) is 1. The van der Waals surface area contributed by atoms with E-state index in [9.17, 15) is 14.4 Å². The number of aliphatic carboxylic acids is 1. The molecule has 0 atom stereocenters. The molecule has 0 spiro atoms. The largest absolute Gasteiger partial charge is 0.496 e. The summed E-state index contributed by atoms with van der Waals surface area (Å²) in [4.78, 5) is 36.5. The van der Waals surface area contributed by atoms with Crippen LogP contribution in [0.2, 0.25) is 0 Å². The van der Waals surface area contributed by atoms with E-state index in [0.29, 0.717) is 21.4 Å². The monoisotopic (exact) mass is 394 g/mol. The first-order chi connectivity index (χ1) is 12.4. The van der Waals surface area contributed by atoms with Gasteiger partial charge in [0.15, 0.2) is 0 Å². The van der Waals surface area contributed by atoms with Gasteiger partial charge in [0.05, 0.1) is 12.0 Å². The number of thiocarbonyl (C=S) groups is 1. The van der Waals surface area contributed by atoms with Crippen LogP contribution in [0.1, 0.15) is 18.4 Å². The Bertz CT molecular complexity index is 763. The van der Waals surface area contributed by atoms with E-state index in [0.717, 1.165) is 17.3 Å². The summed E-state index contributed by atoms with van der Waals surface area (Å²) < 4.78 is 5.57. The van der Waals surface area contributed by atoms with Gasteiger partial charge in [0.2, 0.25) is 5.91 Å². The van der Waals surface area contributed by atoms with Crippen LogP contribution in [0.5, 0.6) is 5.75 Å². The van der Waals surface area contributed by atoms with Gasteiger partial charge in [-0.1, -0.05) is 42.2 Å². The maximum absolute atomic E-state index is 12.5. The summed E-state index contributed by atoms with van der Waals surface area (Å²) in [6.07, 6.45) is 1.99. The zero-order valence-electron chi connectivity index (χ0n) is 14.1. The highest BCUT2D eigenvalue weighted by atomic mass is 32.2. The quantitative estimate of drug-likeness (QED) is 0.395. The first-order valence-electron chi connectivity index (χ1n) is 7.79. The molecule has 0 bridgehead atoms. The fourth-order valence-electron chi connectivity index (χ4n) is 2.23. The minimum atomic E-state index is -0.919. The van der Waals surface area contributed by atoms with Gasteiger partial charge in [-0.3, -0.25) is 19.3 Å². The van der Waals surface area contributed by atoms with E-state index >= 15 is 0 Å². The first-order valence-corrected chi connectivity index (χ1v) is 9.01. The number of rotatable bonds is 8. The van der Waals surface area contributed by atoms with Crippen molar-refractivity contribution in [2.45, 2.75) is 12.8 Å². The fraction of sp³-hybridized carbons (Fsp3) is 0.294. The van der Waals surface area contributed by atoms with Gasteiger partial charge in [0.1, 0.15) is 16.6 Å². The normalized spacial score (nSPS) is 15.4. The minimum Gasteiger partial charge on any atom is -0.496 e. The van der Waals surface area contributed by atoms with Crippen molar-refractivity contribution in [1.82, 2.24) is 10.2 Å². The molecule has 138 valence electrons. The number of thioether (sulfide) groups is 1. The van der Waals surface area contributed by atoms with Gasteiger partial charge in [-0.2, -0.15) is 0 Å². The number of carbonyl (C=O) groups excluding carboxylic acids is 2. The predicted molar refractivity (Wildman–Crippen MR) is 103 cm³/mol. The SMILES string of the molecule is COc1ccccc1/C=C1\SC(=S)N(CC(=O)NCCCC(=O)O)C1=O. The van der Waals surface area contributed by atoms with Crippen LogP contribution < -0.4 is 10.1 Å². The van der Waals surface area contributed by atoms with Crippen molar-refractivity contribution in [3.8, 4) is 5.75 Å². The van der Waals surface area contributed by atoms with Crippen molar-refractivity contribution in [3.63, 3.8) is 0 Å². The molecule has 26 heavy (non-hydrogen) atoms. The standard InChI is InChI=1S/C17H18N2O5S2/c1-24-12-6-3-2-5-11(12)9-13-16(23)19(17(25)26-13)10-14(20)18-8-4-7-15(21)22/h2-3,5-6,9H,4,7-8,10H2,1H3,(H,18,20)(H,21,22)/b13-9-. The van der Waals surface area contributed by atoms with Crippen LogP contribution in [0.15, 0.2) is 29.2 Å². The summed E-state index contributed by atoms with van der Waals surface area (Å²) in [5.41, 5.74) is 0.744. The molecule has 0 saturated carbocycles. The van der Waals surface area contributed by atoms with Gasteiger partial charge < -0.3 is 15.2 Å². The van der Waals surface area contributed by atoms with Crippen LogP contribution in [-0.4, -0.2) is 52.3 Å². The molecule has 2 rings (SSSR count). The number of amides is 2. The lowest BCUT2D eigenvalue weighted by Crippen LogP contribution is -2.39. The van der Waals surface area contributed by atoms with Crippen molar-refractivity contribution >= 4 is 52.2 Å². The van der Waals surface area contributed by atoms with E-state index in [1.165, 1.54) is 4.90 Å². The number of benzene rings is 1. The molecule has 0 radical (unpaired) electrons. The van der Waals surface area contributed by atoms with Crippen molar-refractivity contribution in [2.75, 3.05) is 20.2 Å². The molecule has 1 aromatic carbocycles. The highest BCUT2D eigenvalue weighted by Crippen LogP contribution is 2.33. The highest BCUT2D eigenvalue weighted by molar-refractivity contribution is 8.26. The van der Waals surface area contributed by atoms with Crippen molar-refractivity contribution in [3.05, 3.63) is 34.7 Å². The summed E-state index contributed by atoms with van der Waals surface area (Å²) in [5.74, 6) is -1.01. The van der Waals surface area contributed by atoms with Crippen molar-refractivity contribution in [2.24, 2.45) is 0 Å². The Kier molecular flexibility index (Phi) is 7.16. The average Bonchev–Trinajstić information content (AvgIpc) is 2.86. The van der Waals surface area contributed by atoms with Gasteiger partial charge in [-0.25, -0.2) is 0 Å². The predicted octanol–water partition coefficient (Wildman–Crippen LogP) is 1.88. The zero-order chi connectivity index (χ0) is 19.1. The number of nitrogens with zero attached hydrogens (tertiary/aromatic N) is 1. The second-order valence-electron chi connectivity index (χ2n) is 5.36. The van der Waals surface area contributed by atoms with Crippen LogP contribution in [0, 0.1) is 0 Å². The summed E-state index contributed by atoms with van der Waals surface area (Å²) in [6.45, 7) is 0.0397. The molecule has 0 unspecified atom stereocenters. The summed E-state index contributed by atoms with van der Waals surface area (Å²) in [6, 6.07) is 7.27. The molecule has 1 saturated heterocycles. The third-order valence-electron chi connectivity index (χ3n) is 3.49. The molecular weight excluding hydrogens is 376 g/mol. The lowest BCUT2D eigenvalue weighted by molar-refractivity contribution is -0.137. The second-order valence-corrected chi connectivity index (χ2v) is 7.03. The smallest absolute Gasteiger partial charge is 0.303 e. The third-order valence-corrected chi connectivity index (χ3v) is 4.87. The van der Waals surface area contributed by atoms with Gasteiger partial charge in [-0.15, -0.1) is 0 Å². The van der Waals surface area contributed by atoms with Gasteiger partial charge >= 0.3 is 5.97 Å². The molecule has 9 heteroatoms. The number of methoxy groups -OCH3 is 1. The van der Waals surface area contributed by atoms with E-state index < -0.39 is 5.97 Å². The molecule has 1 aliphatic heterocycles. The maximum atomic E-state index is 12.5. The molecule has 0 aliphatic carbocycles. The summed E-state index contributed by atoms with van der Waals surface area (Å²) >= 11 is 6.32. The number of hydrogen-bond acceptors (Lipinski definition) is 6. The van der Waals surface area contributed by atoms with E-state index in [2.05, 4.69) is 5.32 Å². The highest BCUT2D eigenvalue weighted by Gasteiger charge is 2.33. The Morgan fingerprint density at radius 1 is 1.38 bits per heavy atom. The van der Waals surface area contributed by atoms with Crippen molar-refractivity contribution in [1.29, 1.82) is 0 Å². The lowest BCUT2D eigenvalue weighted by atomic mass is 10.2. The average molecular weight is 394 g/mol. The van der Waals surface area contributed by atoms with Crippen LogP contribution in [0.25, 0.3) is 6.08 Å². The summed E-state index contributed by atoms with van der Waals surface area (Å²) in [7, 11) is 1.55. The Morgan fingerprint density at radius 2 is 2.12 bits per heavy atom. The molecule has 1 heterocycles. The Hall–Kier alpha value is -2.39. The van der Waals surface area contributed by atoms with Crippen LogP contribution >= 0.6 is 24.0 Å². The first kappa shape index (κ1) is 19.9. The Balaban J connectivity index is 1.99. The van der Waals surface area contributed by atoms with E-state index in [4.69, 9.17) is 22.1 Å². The van der Waals surface area contributed by atoms with Gasteiger partial charge in [0, 0.05) is 18.5 Å². The number of nitrogens with one attached hydrogen (secondary N) is 1. The second kappa shape index (κ2) is 9.35. The number of hydrogen-bond donors (Lipinski definition) is 2. The van der Waals surface area contributed by atoms with E-state index in [-0.39, 0.29) is 31.3 Å². The number of carboxylic acid groups (broad SMARTS) is 1. The molecule has 2 N–H and O–H groups in total. The van der Waals surface area contributed by atoms with E-state index in [1.54, 1.807) is 19.3 Å². The van der Waals surface area contributed by atoms with Crippen LogP contribution in [0.4, 0.5) is 0 Å². The van der Waals surface area contributed by atoms with Gasteiger partial charge in [0.25, 0.3) is 5.91 Å². The summed E-state index contributed by atoms with van der Waals surface area (Å²) in [5, 5.41) is 11.1.